The molecule has 0 saturated heterocycles. The molecule has 0 aromatic carbocycles. The van der Waals surface area contributed by atoms with Gasteiger partial charge in [0.1, 0.15) is 9.88 Å². The third-order valence-corrected chi connectivity index (χ3v) is 5.79. The van der Waals surface area contributed by atoms with E-state index in [9.17, 15) is 4.79 Å². The molecular formula is C19H34IN5O2S. The molecule has 0 radical (unpaired) electrons. The Morgan fingerprint density at radius 2 is 2.11 bits per heavy atom. The molecule has 1 fully saturated rings. The number of aryl methyl sites for hydroxylation is 1. The van der Waals surface area contributed by atoms with Crippen LogP contribution in [0.5, 0.6) is 0 Å². The van der Waals surface area contributed by atoms with Crippen LogP contribution in [0.4, 0.5) is 0 Å². The lowest BCUT2D eigenvalue weighted by molar-refractivity contribution is 0.0531. The van der Waals surface area contributed by atoms with E-state index in [4.69, 9.17) is 9.73 Å². The average molecular weight is 523 g/mol. The third-order valence-electron chi connectivity index (χ3n) is 4.47. The molecule has 160 valence electrons. The molecule has 9 heteroatoms. The molecule has 0 bridgehead atoms. The van der Waals surface area contributed by atoms with Gasteiger partial charge >= 0.3 is 5.97 Å². The standard InChI is InChI=1S/C19H33N5O2S.HI/c1-6-20-19(21-11-12-24(7-2)15-9-10-15)23-14(5)17-22-13(4)16(27-17)18(25)26-8-3;/h14-15H,6-12H2,1-5H3,(H2,20,21,23);1H. The Kier molecular flexibility index (Phi) is 11.3. The van der Waals surface area contributed by atoms with Gasteiger partial charge in [-0.05, 0) is 47.1 Å². The molecule has 1 aromatic rings. The van der Waals surface area contributed by atoms with Crippen molar-refractivity contribution in [1.29, 1.82) is 0 Å². The van der Waals surface area contributed by atoms with E-state index in [2.05, 4.69) is 34.4 Å². The van der Waals surface area contributed by atoms with Crippen LogP contribution >= 0.6 is 35.3 Å². The molecule has 0 aliphatic heterocycles. The average Bonchev–Trinajstić information content (AvgIpc) is 3.40. The Bertz CT molecular complexity index is 648. The van der Waals surface area contributed by atoms with Gasteiger partial charge in [-0.3, -0.25) is 9.89 Å². The third kappa shape index (κ3) is 7.47. The molecule has 1 aliphatic rings. The minimum absolute atomic E-state index is 0. The van der Waals surface area contributed by atoms with Crippen LogP contribution in [-0.4, -0.2) is 60.6 Å². The van der Waals surface area contributed by atoms with Crippen molar-refractivity contribution in [2.24, 2.45) is 4.99 Å². The van der Waals surface area contributed by atoms with Crippen LogP contribution in [0.25, 0.3) is 0 Å². The SMILES string of the molecule is CCNC(=NCCN(CC)C1CC1)NC(C)c1nc(C)c(C(=O)OCC)s1.I. The number of carbonyl (C=O) groups excluding carboxylic acids is 1. The van der Waals surface area contributed by atoms with Gasteiger partial charge in [0.15, 0.2) is 5.96 Å². The number of hydrogen-bond acceptors (Lipinski definition) is 6. The van der Waals surface area contributed by atoms with E-state index in [-0.39, 0.29) is 36.0 Å². The largest absolute Gasteiger partial charge is 0.462 e. The Labute approximate surface area is 189 Å². The minimum atomic E-state index is -0.300. The van der Waals surface area contributed by atoms with E-state index in [0.717, 1.165) is 43.2 Å². The van der Waals surface area contributed by atoms with E-state index in [0.29, 0.717) is 17.2 Å². The lowest BCUT2D eigenvalue weighted by Crippen LogP contribution is -2.39. The Balaban J connectivity index is 0.00000392. The van der Waals surface area contributed by atoms with Crippen molar-refractivity contribution in [3.8, 4) is 0 Å². The summed E-state index contributed by atoms with van der Waals surface area (Å²) in [6.45, 7) is 13.9. The first-order chi connectivity index (χ1) is 13.0. The zero-order valence-corrected chi connectivity index (χ0v) is 20.7. The second-order valence-electron chi connectivity index (χ2n) is 6.67. The zero-order chi connectivity index (χ0) is 19.8. The van der Waals surface area contributed by atoms with Gasteiger partial charge in [0.2, 0.25) is 0 Å². The second kappa shape index (κ2) is 12.6. The van der Waals surface area contributed by atoms with E-state index >= 15 is 0 Å². The maximum absolute atomic E-state index is 12.0. The lowest BCUT2D eigenvalue weighted by atomic mass is 10.3. The Morgan fingerprint density at radius 3 is 2.68 bits per heavy atom. The summed E-state index contributed by atoms with van der Waals surface area (Å²) in [5.74, 6) is 0.480. The summed E-state index contributed by atoms with van der Waals surface area (Å²) in [4.78, 5) is 24.3. The molecule has 2 rings (SSSR count). The number of esters is 1. The second-order valence-corrected chi connectivity index (χ2v) is 7.70. The van der Waals surface area contributed by atoms with Gasteiger partial charge in [-0.25, -0.2) is 9.78 Å². The Hall–Kier alpha value is -0.940. The van der Waals surface area contributed by atoms with Crippen LogP contribution in [0.2, 0.25) is 0 Å². The number of likely N-dealkylation sites (N-methyl/N-ethyl adjacent to an activating group) is 1. The van der Waals surface area contributed by atoms with Gasteiger partial charge in [0.05, 0.1) is 24.9 Å². The van der Waals surface area contributed by atoms with E-state index < -0.39 is 0 Å². The first-order valence-electron chi connectivity index (χ1n) is 9.93. The Morgan fingerprint density at radius 1 is 1.39 bits per heavy atom. The van der Waals surface area contributed by atoms with Gasteiger partial charge in [-0.15, -0.1) is 35.3 Å². The summed E-state index contributed by atoms with van der Waals surface area (Å²) in [6, 6.07) is 0.722. The van der Waals surface area contributed by atoms with Crippen LogP contribution in [0.15, 0.2) is 4.99 Å². The molecule has 0 amide bonds. The normalized spacial score (nSPS) is 15.1. The number of nitrogens with one attached hydrogen (secondary N) is 2. The summed E-state index contributed by atoms with van der Waals surface area (Å²) < 4.78 is 5.10. The van der Waals surface area contributed by atoms with Crippen LogP contribution in [0, 0.1) is 6.92 Å². The highest BCUT2D eigenvalue weighted by Gasteiger charge is 2.27. The van der Waals surface area contributed by atoms with Crippen molar-refractivity contribution in [3.63, 3.8) is 0 Å². The number of aromatic nitrogens is 1. The van der Waals surface area contributed by atoms with Crippen molar-refractivity contribution in [2.45, 2.75) is 59.5 Å². The molecule has 1 saturated carbocycles. The van der Waals surface area contributed by atoms with Crippen molar-refractivity contribution < 1.29 is 9.53 Å². The minimum Gasteiger partial charge on any atom is -0.462 e. The number of guanidine groups is 1. The van der Waals surface area contributed by atoms with E-state index in [1.165, 1.54) is 24.2 Å². The predicted octanol–water partition coefficient (Wildman–Crippen LogP) is 3.35. The van der Waals surface area contributed by atoms with Gasteiger partial charge in [-0.2, -0.15) is 0 Å². The molecule has 2 N–H and O–H groups in total. The highest BCUT2D eigenvalue weighted by atomic mass is 127. The number of rotatable bonds is 10. The highest BCUT2D eigenvalue weighted by Crippen LogP contribution is 2.26. The summed E-state index contributed by atoms with van der Waals surface area (Å²) in [5.41, 5.74) is 0.715. The predicted molar refractivity (Wildman–Crippen MR) is 126 cm³/mol. The van der Waals surface area contributed by atoms with Crippen LogP contribution in [0.1, 0.15) is 67.0 Å². The molecule has 7 nitrogen and oxygen atoms in total. The molecule has 1 atom stereocenters. The zero-order valence-electron chi connectivity index (χ0n) is 17.6. The molecule has 1 unspecified atom stereocenters. The number of nitrogens with zero attached hydrogens (tertiary/aromatic N) is 3. The maximum atomic E-state index is 12.0. The lowest BCUT2D eigenvalue weighted by Gasteiger charge is -2.19. The van der Waals surface area contributed by atoms with Gasteiger partial charge in [-0.1, -0.05) is 6.92 Å². The number of halogens is 1. The summed E-state index contributed by atoms with van der Waals surface area (Å²) in [6.07, 6.45) is 2.64. The van der Waals surface area contributed by atoms with Gasteiger partial charge in [0.25, 0.3) is 0 Å². The van der Waals surface area contributed by atoms with E-state index in [1.54, 1.807) is 6.92 Å². The first-order valence-corrected chi connectivity index (χ1v) is 10.7. The highest BCUT2D eigenvalue weighted by molar-refractivity contribution is 14.0. The van der Waals surface area contributed by atoms with Crippen molar-refractivity contribution in [2.75, 3.05) is 32.8 Å². The van der Waals surface area contributed by atoms with Crippen molar-refractivity contribution in [3.05, 3.63) is 15.6 Å². The summed E-state index contributed by atoms with van der Waals surface area (Å²) in [5, 5.41) is 7.54. The van der Waals surface area contributed by atoms with Crippen LogP contribution < -0.4 is 10.6 Å². The number of ether oxygens (including phenoxy) is 1. The molecule has 1 aromatic heterocycles. The van der Waals surface area contributed by atoms with Crippen molar-refractivity contribution >= 4 is 47.2 Å². The smallest absolute Gasteiger partial charge is 0.350 e. The fourth-order valence-electron chi connectivity index (χ4n) is 2.90. The van der Waals surface area contributed by atoms with Crippen LogP contribution in [-0.2, 0) is 4.74 Å². The molecule has 1 aliphatic carbocycles. The molecule has 1 heterocycles. The first kappa shape index (κ1) is 25.1. The molecule has 0 spiro atoms. The van der Waals surface area contributed by atoms with Crippen molar-refractivity contribution in [1.82, 2.24) is 20.5 Å². The number of hydrogen-bond donors (Lipinski definition) is 2. The molecule has 28 heavy (non-hydrogen) atoms. The maximum Gasteiger partial charge on any atom is 0.350 e. The monoisotopic (exact) mass is 523 g/mol. The summed E-state index contributed by atoms with van der Waals surface area (Å²) in [7, 11) is 0. The van der Waals surface area contributed by atoms with Gasteiger partial charge in [0, 0.05) is 19.1 Å². The number of aliphatic imine (C=N–C) groups is 1. The van der Waals surface area contributed by atoms with Crippen LogP contribution in [0.3, 0.4) is 0 Å². The number of carbonyl (C=O) groups is 1. The fourth-order valence-corrected chi connectivity index (χ4v) is 3.87. The topological polar surface area (TPSA) is 78.9 Å². The van der Waals surface area contributed by atoms with E-state index in [1.807, 2.05) is 13.8 Å². The fraction of sp³-hybridized carbons (Fsp3) is 0.737. The summed E-state index contributed by atoms with van der Waals surface area (Å²) >= 11 is 1.38. The van der Waals surface area contributed by atoms with Gasteiger partial charge < -0.3 is 15.4 Å². The quantitative estimate of drug-likeness (QED) is 0.212. The molecular weight excluding hydrogens is 489 g/mol. The number of thiazole rings is 1.